The third kappa shape index (κ3) is 0.548. The molecule has 1 aliphatic heterocycles. The van der Waals surface area contributed by atoms with Gasteiger partial charge in [-0.3, -0.25) is 0 Å². The summed E-state index contributed by atoms with van der Waals surface area (Å²) in [6.45, 7) is 5.68. The molecule has 1 nitrogen and oxygen atoms in total. The van der Waals surface area contributed by atoms with Gasteiger partial charge in [-0.2, -0.15) is 0 Å². The van der Waals surface area contributed by atoms with E-state index in [1.807, 2.05) is 0 Å². The van der Waals surface area contributed by atoms with Crippen LogP contribution in [0.1, 0.15) is 20.3 Å². The van der Waals surface area contributed by atoms with Gasteiger partial charge in [0.25, 0.3) is 0 Å². The average Bonchev–Trinajstić information content (AvgIpc) is 2.22. The zero-order chi connectivity index (χ0) is 4.62. The van der Waals surface area contributed by atoms with Crippen molar-refractivity contribution < 1.29 is 0 Å². The number of hydrogen-bond donors (Lipinski definition) is 1. The lowest BCUT2D eigenvalue weighted by atomic mass is 10.1. The molecule has 0 spiro atoms. The quantitative estimate of drug-likeness (QED) is 0.466. The Morgan fingerprint density at radius 1 is 1.83 bits per heavy atom. The van der Waals surface area contributed by atoms with Crippen LogP contribution in [0.3, 0.4) is 0 Å². The number of rotatable bonds is 1. The van der Waals surface area contributed by atoms with E-state index in [9.17, 15) is 0 Å². The molecule has 1 aliphatic rings. The monoisotopic (exact) mass is 85.1 g/mol. The molecule has 1 fully saturated rings. The third-order valence-electron chi connectivity index (χ3n) is 1.56. The van der Waals surface area contributed by atoms with Gasteiger partial charge in [0.05, 0.1) is 0 Å². The minimum atomic E-state index is 0.542. The maximum absolute atomic E-state index is 3.26. The predicted molar refractivity (Wildman–Crippen MR) is 26.7 cm³/mol. The molecular weight excluding hydrogens is 74.1 g/mol. The van der Waals surface area contributed by atoms with Crippen LogP contribution in [0.25, 0.3) is 0 Å². The Hall–Kier alpha value is -0.0400. The minimum Gasteiger partial charge on any atom is -0.308 e. The van der Waals surface area contributed by atoms with E-state index < -0.39 is 0 Å². The smallest absolute Gasteiger partial charge is 0.0276 e. The summed E-state index contributed by atoms with van der Waals surface area (Å²) < 4.78 is 0. The summed E-state index contributed by atoms with van der Waals surface area (Å²) in [6.07, 6.45) is 1.27. The molecule has 1 atom stereocenters. The van der Waals surface area contributed by atoms with Gasteiger partial charge in [0.1, 0.15) is 0 Å². The van der Waals surface area contributed by atoms with Gasteiger partial charge in [0, 0.05) is 12.1 Å². The Labute approximate surface area is 38.7 Å². The summed E-state index contributed by atoms with van der Waals surface area (Å²) in [5.41, 5.74) is 0.542. The van der Waals surface area contributed by atoms with E-state index in [0.29, 0.717) is 5.54 Å². The van der Waals surface area contributed by atoms with Crippen LogP contribution in [0.15, 0.2) is 0 Å². The zero-order valence-corrected chi connectivity index (χ0v) is 4.41. The summed E-state index contributed by atoms with van der Waals surface area (Å²) in [7, 11) is 0. The molecule has 0 aliphatic carbocycles. The van der Waals surface area contributed by atoms with Gasteiger partial charge in [-0.1, -0.05) is 6.92 Å². The molecule has 1 heteroatoms. The first-order valence-electron chi connectivity index (χ1n) is 2.52. The lowest BCUT2D eigenvalue weighted by Gasteiger charge is -1.95. The van der Waals surface area contributed by atoms with Gasteiger partial charge in [0.15, 0.2) is 0 Å². The van der Waals surface area contributed by atoms with Crippen LogP contribution in [-0.4, -0.2) is 12.1 Å². The molecule has 0 radical (unpaired) electrons. The fraction of sp³-hybridized carbons (Fsp3) is 1.00. The van der Waals surface area contributed by atoms with Gasteiger partial charge in [0.2, 0.25) is 0 Å². The first-order valence-corrected chi connectivity index (χ1v) is 2.52. The van der Waals surface area contributed by atoms with Crippen LogP contribution in [0.4, 0.5) is 0 Å². The highest BCUT2D eigenvalue weighted by molar-refractivity contribution is 4.97. The van der Waals surface area contributed by atoms with Gasteiger partial charge in [-0.25, -0.2) is 0 Å². The van der Waals surface area contributed by atoms with E-state index in [-0.39, 0.29) is 0 Å². The van der Waals surface area contributed by atoms with Crippen LogP contribution in [0, 0.1) is 0 Å². The summed E-state index contributed by atoms with van der Waals surface area (Å²) in [4.78, 5) is 0. The average molecular weight is 85.1 g/mol. The lowest BCUT2D eigenvalue weighted by Crippen LogP contribution is -2.04. The molecular formula is C5H11N. The minimum absolute atomic E-state index is 0.542. The van der Waals surface area contributed by atoms with E-state index in [1.54, 1.807) is 0 Å². The second kappa shape index (κ2) is 0.969. The van der Waals surface area contributed by atoms with Crippen molar-refractivity contribution in [3.8, 4) is 0 Å². The number of nitrogens with one attached hydrogen (secondary N) is 1. The Balaban J connectivity index is 2.28. The van der Waals surface area contributed by atoms with Crippen LogP contribution in [-0.2, 0) is 0 Å². The Kier molecular flexibility index (Phi) is 0.667. The van der Waals surface area contributed by atoms with Crippen LogP contribution in [0.5, 0.6) is 0 Å². The highest BCUT2D eigenvalue weighted by Crippen LogP contribution is 2.18. The summed E-state index contributed by atoms with van der Waals surface area (Å²) in [6, 6.07) is 0. The lowest BCUT2D eigenvalue weighted by molar-refractivity contribution is 0.669. The van der Waals surface area contributed by atoms with Crippen molar-refractivity contribution in [1.29, 1.82) is 0 Å². The first-order chi connectivity index (χ1) is 2.77. The summed E-state index contributed by atoms with van der Waals surface area (Å²) in [5.74, 6) is 0. The van der Waals surface area contributed by atoms with Gasteiger partial charge in [-0.15, -0.1) is 0 Å². The van der Waals surface area contributed by atoms with Crippen molar-refractivity contribution in [2.24, 2.45) is 0 Å². The topological polar surface area (TPSA) is 21.9 Å². The van der Waals surface area contributed by atoms with Crippen molar-refractivity contribution in [2.45, 2.75) is 25.8 Å². The maximum Gasteiger partial charge on any atom is 0.0276 e. The molecule has 0 bridgehead atoms. The Bertz CT molecular complexity index is 55.0. The fourth-order valence-corrected chi connectivity index (χ4v) is 0.401. The van der Waals surface area contributed by atoms with E-state index in [1.165, 1.54) is 13.0 Å². The molecule has 1 saturated heterocycles. The highest BCUT2D eigenvalue weighted by atomic mass is 15.1. The fourth-order valence-electron chi connectivity index (χ4n) is 0.401. The molecule has 0 aromatic heterocycles. The predicted octanol–water partition coefficient (Wildman–Crippen LogP) is 0.758. The summed E-state index contributed by atoms with van der Waals surface area (Å²) >= 11 is 0. The van der Waals surface area contributed by atoms with Crippen LogP contribution >= 0.6 is 0 Å². The number of hydrogen-bond acceptors (Lipinski definition) is 1. The first kappa shape index (κ1) is 4.13. The Morgan fingerprint density at radius 2 is 2.33 bits per heavy atom. The van der Waals surface area contributed by atoms with E-state index in [2.05, 4.69) is 19.2 Å². The molecule has 1 N–H and O–H groups in total. The largest absolute Gasteiger partial charge is 0.308 e. The van der Waals surface area contributed by atoms with Gasteiger partial charge in [-0.05, 0) is 13.3 Å². The van der Waals surface area contributed by atoms with E-state index in [4.69, 9.17) is 0 Å². The molecule has 0 saturated carbocycles. The third-order valence-corrected chi connectivity index (χ3v) is 1.56. The van der Waals surface area contributed by atoms with E-state index in [0.717, 1.165) is 0 Å². The second-order valence-electron chi connectivity index (χ2n) is 2.27. The SMILES string of the molecule is CC[C@]1(C)CN1. The zero-order valence-electron chi connectivity index (χ0n) is 4.41. The Morgan fingerprint density at radius 3 is 2.33 bits per heavy atom. The van der Waals surface area contributed by atoms with Gasteiger partial charge >= 0.3 is 0 Å². The summed E-state index contributed by atoms with van der Waals surface area (Å²) in [5, 5.41) is 3.26. The molecule has 0 aromatic rings. The molecule has 1 rings (SSSR count). The van der Waals surface area contributed by atoms with Crippen molar-refractivity contribution in [3.63, 3.8) is 0 Å². The van der Waals surface area contributed by atoms with E-state index >= 15 is 0 Å². The van der Waals surface area contributed by atoms with Crippen molar-refractivity contribution in [3.05, 3.63) is 0 Å². The standard InChI is InChI=1S/C5H11N/c1-3-5(2)4-6-5/h6H,3-4H2,1-2H3/t5-/m1/s1. The molecule has 0 aromatic carbocycles. The molecule has 36 valence electrons. The van der Waals surface area contributed by atoms with Crippen LogP contribution < -0.4 is 5.32 Å². The molecule has 0 unspecified atom stereocenters. The maximum atomic E-state index is 3.26. The van der Waals surface area contributed by atoms with Crippen LogP contribution in [0.2, 0.25) is 0 Å². The molecule has 1 heterocycles. The van der Waals surface area contributed by atoms with Crippen molar-refractivity contribution in [2.75, 3.05) is 6.54 Å². The van der Waals surface area contributed by atoms with Crippen molar-refractivity contribution in [1.82, 2.24) is 5.32 Å². The highest BCUT2D eigenvalue weighted by Gasteiger charge is 2.33. The van der Waals surface area contributed by atoms with Gasteiger partial charge < -0.3 is 5.32 Å². The normalized spacial score (nSPS) is 43.0. The second-order valence-corrected chi connectivity index (χ2v) is 2.27. The molecule has 0 amide bonds. The van der Waals surface area contributed by atoms with Crippen molar-refractivity contribution >= 4 is 0 Å². The molecule has 6 heavy (non-hydrogen) atoms.